The molecule has 2 fully saturated rings. The number of Topliss-reactive ketones (excluding diaryl/α,β-unsaturated/α-hetero) is 1. The third-order valence-corrected chi connectivity index (χ3v) is 6.78. The molecule has 2 aliphatic heterocycles. The van der Waals surface area contributed by atoms with Crippen molar-refractivity contribution in [3.63, 3.8) is 0 Å². The second-order valence-electron chi connectivity index (χ2n) is 7.95. The Morgan fingerprint density at radius 3 is 2.78 bits per heavy atom. The van der Waals surface area contributed by atoms with Gasteiger partial charge in [0.15, 0.2) is 11.5 Å². The fourth-order valence-corrected chi connectivity index (χ4v) is 5.39. The van der Waals surface area contributed by atoms with Gasteiger partial charge in [-0.15, -0.1) is 0 Å². The summed E-state index contributed by atoms with van der Waals surface area (Å²) >= 11 is 0. The SMILES string of the molecule is C[C@H](c1ccccc1)N1CC[C@@]2(c3ccc4c(c3)OCO4)C(=O)CCC[C@@H]12. The number of carbonyl (C=O) groups excluding carboxylic acids is 1. The lowest BCUT2D eigenvalue weighted by Gasteiger charge is -2.43. The Morgan fingerprint density at radius 2 is 1.93 bits per heavy atom. The van der Waals surface area contributed by atoms with E-state index >= 15 is 0 Å². The highest BCUT2D eigenvalue weighted by Gasteiger charge is 2.55. The Morgan fingerprint density at radius 1 is 1.11 bits per heavy atom. The van der Waals surface area contributed by atoms with E-state index < -0.39 is 5.41 Å². The molecule has 0 unspecified atom stereocenters. The van der Waals surface area contributed by atoms with E-state index in [-0.39, 0.29) is 12.8 Å². The average Bonchev–Trinajstić information content (AvgIpc) is 3.33. The van der Waals surface area contributed by atoms with Gasteiger partial charge in [-0.1, -0.05) is 36.4 Å². The summed E-state index contributed by atoms with van der Waals surface area (Å²) in [4.78, 5) is 15.9. The van der Waals surface area contributed by atoms with Crippen LogP contribution in [-0.4, -0.2) is 30.1 Å². The molecular formula is C23H25NO3. The van der Waals surface area contributed by atoms with Crippen molar-refractivity contribution in [2.45, 2.75) is 50.1 Å². The molecule has 3 aliphatic rings. The molecule has 0 N–H and O–H groups in total. The van der Waals surface area contributed by atoms with Crippen LogP contribution in [0.4, 0.5) is 0 Å². The van der Waals surface area contributed by atoms with Crippen molar-refractivity contribution in [2.75, 3.05) is 13.3 Å². The molecule has 0 amide bonds. The monoisotopic (exact) mass is 363 g/mol. The smallest absolute Gasteiger partial charge is 0.231 e. The van der Waals surface area contributed by atoms with Gasteiger partial charge in [0.05, 0.1) is 5.41 Å². The van der Waals surface area contributed by atoms with E-state index in [1.807, 2.05) is 6.07 Å². The van der Waals surface area contributed by atoms with E-state index in [9.17, 15) is 4.79 Å². The van der Waals surface area contributed by atoms with E-state index in [4.69, 9.17) is 9.47 Å². The van der Waals surface area contributed by atoms with Crippen molar-refractivity contribution in [1.82, 2.24) is 4.90 Å². The predicted molar refractivity (Wildman–Crippen MR) is 103 cm³/mol. The zero-order chi connectivity index (χ0) is 18.4. The lowest BCUT2D eigenvalue weighted by Crippen LogP contribution is -2.51. The Hall–Kier alpha value is -2.33. The van der Waals surface area contributed by atoms with Gasteiger partial charge in [0, 0.05) is 25.0 Å². The van der Waals surface area contributed by atoms with Crippen molar-refractivity contribution in [2.24, 2.45) is 0 Å². The molecule has 2 aromatic rings. The highest BCUT2D eigenvalue weighted by atomic mass is 16.7. The molecule has 4 nitrogen and oxygen atoms in total. The van der Waals surface area contributed by atoms with Crippen LogP contribution in [0, 0.1) is 0 Å². The normalized spacial score (nSPS) is 28.2. The molecule has 2 aromatic carbocycles. The third-order valence-electron chi connectivity index (χ3n) is 6.78. The zero-order valence-electron chi connectivity index (χ0n) is 15.7. The Kier molecular flexibility index (Phi) is 3.97. The van der Waals surface area contributed by atoms with E-state index in [0.717, 1.165) is 42.9 Å². The maximum absolute atomic E-state index is 13.3. The summed E-state index contributed by atoms with van der Waals surface area (Å²) in [5, 5.41) is 0. The first-order valence-electron chi connectivity index (χ1n) is 9.94. The van der Waals surface area contributed by atoms with Crippen molar-refractivity contribution >= 4 is 5.78 Å². The van der Waals surface area contributed by atoms with Crippen LogP contribution in [-0.2, 0) is 10.2 Å². The molecule has 1 saturated carbocycles. The van der Waals surface area contributed by atoms with Gasteiger partial charge in [-0.2, -0.15) is 0 Å². The summed E-state index contributed by atoms with van der Waals surface area (Å²) in [6.07, 6.45) is 3.61. The number of ketones is 1. The topological polar surface area (TPSA) is 38.8 Å². The number of fused-ring (bicyclic) bond motifs is 2. The second kappa shape index (κ2) is 6.38. The maximum atomic E-state index is 13.3. The number of carbonyl (C=O) groups is 1. The third kappa shape index (κ3) is 2.50. The second-order valence-corrected chi connectivity index (χ2v) is 7.95. The molecule has 4 heteroatoms. The number of rotatable bonds is 3. The highest BCUT2D eigenvalue weighted by Crippen LogP contribution is 2.51. The molecule has 1 saturated heterocycles. The molecule has 140 valence electrons. The van der Waals surface area contributed by atoms with Gasteiger partial charge in [-0.05, 0) is 49.4 Å². The first-order chi connectivity index (χ1) is 13.2. The summed E-state index contributed by atoms with van der Waals surface area (Å²) in [6.45, 7) is 3.48. The first-order valence-corrected chi connectivity index (χ1v) is 9.94. The van der Waals surface area contributed by atoms with E-state index in [1.165, 1.54) is 5.56 Å². The van der Waals surface area contributed by atoms with Gasteiger partial charge in [0.1, 0.15) is 5.78 Å². The number of likely N-dealkylation sites (tertiary alicyclic amines) is 1. The number of nitrogens with zero attached hydrogens (tertiary/aromatic N) is 1. The number of ether oxygens (including phenoxy) is 2. The van der Waals surface area contributed by atoms with Crippen molar-refractivity contribution in [3.8, 4) is 11.5 Å². The minimum Gasteiger partial charge on any atom is -0.454 e. The van der Waals surface area contributed by atoms with Gasteiger partial charge in [0.2, 0.25) is 6.79 Å². The van der Waals surface area contributed by atoms with Crippen LogP contribution in [0.15, 0.2) is 48.5 Å². The highest BCUT2D eigenvalue weighted by molar-refractivity contribution is 5.92. The van der Waals surface area contributed by atoms with Crippen LogP contribution >= 0.6 is 0 Å². The first kappa shape index (κ1) is 16.8. The molecule has 5 rings (SSSR count). The lowest BCUT2D eigenvalue weighted by molar-refractivity contribution is -0.128. The molecule has 0 bridgehead atoms. The van der Waals surface area contributed by atoms with E-state index in [2.05, 4.69) is 54.3 Å². The summed E-state index contributed by atoms with van der Waals surface area (Å²) in [6, 6.07) is 17.3. The van der Waals surface area contributed by atoms with Gasteiger partial charge in [0.25, 0.3) is 0 Å². The number of benzene rings is 2. The molecule has 27 heavy (non-hydrogen) atoms. The molecule has 0 radical (unpaired) electrons. The Bertz CT molecular complexity index is 865. The fourth-order valence-electron chi connectivity index (χ4n) is 5.39. The molecule has 2 heterocycles. The summed E-state index contributed by atoms with van der Waals surface area (Å²) in [5.41, 5.74) is 2.00. The summed E-state index contributed by atoms with van der Waals surface area (Å²) in [7, 11) is 0. The lowest BCUT2D eigenvalue weighted by atomic mass is 9.65. The minimum atomic E-state index is -0.414. The standard InChI is InChI=1S/C23H25NO3/c1-16(17-6-3-2-4-7-17)24-13-12-23(21(24)8-5-9-22(23)25)18-10-11-19-20(14-18)27-15-26-19/h2-4,6-7,10-11,14,16,21H,5,8-9,12-13,15H2,1H3/t16-,21-,23+/m1/s1. The quantitative estimate of drug-likeness (QED) is 0.818. The van der Waals surface area contributed by atoms with Crippen LogP contribution in [0.2, 0.25) is 0 Å². The molecule has 0 spiro atoms. The van der Waals surface area contributed by atoms with Gasteiger partial charge < -0.3 is 9.47 Å². The predicted octanol–water partition coefficient (Wildman–Crippen LogP) is 4.24. The largest absolute Gasteiger partial charge is 0.454 e. The Labute approximate surface area is 160 Å². The molecule has 1 aliphatic carbocycles. The average molecular weight is 363 g/mol. The van der Waals surface area contributed by atoms with E-state index in [1.54, 1.807) is 0 Å². The van der Waals surface area contributed by atoms with Gasteiger partial charge >= 0.3 is 0 Å². The molecular weight excluding hydrogens is 338 g/mol. The number of hydrogen-bond acceptors (Lipinski definition) is 4. The van der Waals surface area contributed by atoms with Crippen LogP contribution < -0.4 is 9.47 Å². The van der Waals surface area contributed by atoms with Crippen molar-refractivity contribution in [3.05, 3.63) is 59.7 Å². The van der Waals surface area contributed by atoms with Crippen LogP contribution in [0.3, 0.4) is 0 Å². The van der Waals surface area contributed by atoms with Crippen molar-refractivity contribution in [1.29, 1.82) is 0 Å². The fraction of sp³-hybridized carbons (Fsp3) is 0.435. The molecule has 0 aromatic heterocycles. The zero-order valence-corrected chi connectivity index (χ0v) is 15.7. The minimum absolute atomic E-state index is 0.245. The Balaban J connectivity index is 1.55. The van der Waals surface area contributed by atoms with Crippen LogP contribution in [0.1, 0.15) is 49.8 Å². The van der Waals surface area contributed by atoms with Crippen LogP contribution in [0.5, 0.6) is 11.5 Å². The summed E-state index contributed by atoms with van der Waals surface area (Å²) in [5.74, 6) is 1.94. The molecule has 3 atom stereocenters. The van der Waals surface area contributed by atoms with Gasteiger partial charge in [-0.25, -0.2) is 0 Å². The van der Waals surface area contributed by atoms with Crippen molar-refractivity contribution < 1.29 is 14.3 Å². The van der Waals surface area contributed by atoms with Gasteiger partial charge in [-0.3, -0.25) is 9.69 Å². The number of hydrogen-bond donors (Lipinski definition) is 0. The maximum Gasteiger partial charge on any atom is 0.231 e. The van der Waals surface area contributed by atoms with Crippen LogP contribution in [0.25, 0.3) is 0 Å². The van der Waals surface area contributed by atoms with E-state index in [0.29, 0.717) is 18.2 Å². The summed E-state index contributed by atoms with van der Waals surface area (Å²) < 4.78 is 11.1.